The fourth-order valence-electron chi connectivity index (χ4n) is 2.35. The Balaban J connectivity index is 2.22. The van der Waals surface area contributed by atoms with Gasteiger partial charge in [-0.1, -0.05) is 17.7 Å². The van der Waals surface area contributed by atoms with Gasteiger partial charge in [0.15, 0.2) is 11.7 Å². The van der Waals surface area contributed by atoms with E-state index in [4.69, 9.17) is 11.6 Å². The summed E-state index contributed by atoms with van der Waals surface area (Å²) in [7, 11) is 2.60. The first kappa shape index (κ1) is 20.9. The van der Waals surface area contributed by atoms with Crippen LogP contribution in [0, 0.1) is 5.92 Å². The molecule has 1 aliphatic heterocycles. The van der Waals surface area contributed by atoms with Crippen LogP contribution in [0.4, 0.5) is 4.79 Å². The molecule has 0 atom stereocenters. The molecule has 1 saturated heterocycles. The molecule has 142 valence electrons. The Morgan fingerprint density at radius 1 is 1.19 bits per heavy atom. The summed E-state index contributed by atoms with van der Waals surface area (Å²) < 4.78 is 0. The summed E-state index contributed by atoms with van der Waals surface area (Å²) in [5.74, 6) is -2.80. The molecule has 0 unspecified atom stereocenters. The summed E-state index contributed by atoms with van der Waals surface area (Å²) in [6, 6.07) is 5.71. The second-order valence-electron chi connectivity index (χ2n) is 5.70. The van der Waals surface area contributed by atoms with Crippen molar-refractivity contribution in [3.05, 3.63) is 47.5 Å². The minimum absolute atomic E-state index is 0.0178. The van der Waals surface area contributed by atoms with E-state index in [1.54, 1.807) is 24.3 Å². The molecule has 1 aromatic rings. The lowest BCUT2D eigenvalue weighted by atomic mass is 10.1. The van der Waals surface area contributed by atoms with Crippen molar-refractivity contribution < 1.29 is 19.2 Å². The van der Waals surface area contributed by atoms with E-state index in [0.29, 0.717) is 10.6 Å². The van der Waals surface area contributed by atoms with E-state index in [1.165, 1.54) is 20.2 Å². The molecule has 1 aromatic carbocycles. The van der Waals surface area contributed by atoms with Crippen molar-refractivity contribution in [2.24, 2.45) is 10.9 Å². The summed E-state index contributed by atoms with van der Waals surface area (Å²) in [5.41, 5.74) is 0.459. The minimum Gasteiger partial charge on any atom is -0.293 e. The van der Waals surface area contributed by atoms with Crippen molar-refractivity contribution in [3.63, 3.8) is 0 Å². The molecular weight excluding hydrogens is 390 g/mol. The van der Waals surface area contributed by atoms with E-state index in [-0.39, 0.29) is 23.1 Å². The number of carbonyl (C=O) groups is 4. The highest BCUT2D eigenvalue weighted by molar-refractivity contribution is 8.14. The first-order chi connectivity index (χ1) is 12.8. The van der Waals surface area contributed by atoms with Crippen LogP contribution < -0.4 is 0 Å². The Bertz CT molecular complexity index is 798. The van der Waals surface area contributed by atoms with Gasteiger partial charge >= 0.3 is 6.03 Å². The molecule has 0 spiro atoms. The van der Waals surface area contributed by atoms with Crippen LogP contribution in [0.2, 0.25) is 5.02 Å². The number of aliphatic imine (C=N–C) groups is 1. The number of imide groups is 2. The highest BCUT2D eigenvalue weighted by Crippen LogP contribution is 2.24. The van der Waals surface area contributed by atoms with Crippen LogP contribution in [-0.4, -0.2) is 64.9 Å². The second-order valence-corrected chi connectivity index (χ2v) is 7.13. The lowest BCUT2D eigenvalue weighted by molar-refractivity contribution is -0.144. The number of ketones is 1. The van der Waals surface area contributed by atoms with Gasteiger partial charge in [-0.25, -0.2) is 4.79 Å². The van der Waals surface area contributed by atoms with E-state index < -0.39 is 23.8 Å². The quantitative estimate of drug-likeness (QED) is 0.238. The molecule has 0 bridgehead atoms. The van der Waals surface area contributed by atoms with Crippen LogP contribution in [0.15, 0.2) is 41.9 Å². The number of amides is 4. The number of halogens is 1. The van der Waals surface area contributed by atoms with Crippen molar-refractivity contribution >= 4 is 52.0 Å². The molecule has 9 heteroatoms. The standard InChI is InChI=1S/C18H18ClN3O4S/c1-4-9-20-15(14-16(24)21(2)18(26)22(3)17(14)25)27-10-13(23)11-5-7-12(19)8-6-11/h4-8,14H,1,9-10H2,2-3H3. The molecule has 0 aliphatic carbocycles. The van der Waals surface area contributed by atoms with Crippen molar-refractivity contribution in [1.29, 1.82) is 0 Å². The Hall–Kier alpha value is -2.45. The topological polar surface area (TPSA) is 87.1 Å². The van der Waals surface area contributed by atoms with Gasteiger partial charge in [-0.05, 0) is 24.3 Å². The molecule has 27 heavy (non-hydrogen) atoms. The van der Waals surface area contributed by atoms with Crippen molar-refractivity contribution in [3.8, 4) is 0 Å². The molecule has 0 radical (unpaired) electrons. The third kappa shape index (κ3) is 4.64. The van der Waals surface area contributed by atoms with E-state index in [1.807, 2.05) is 0 Å². The zero-order valence-electron chi connectivity index (χ0n) is 14.8. The number of benzene rings is 1. The van der Waals surface area contributed by atoms with E-state index in [2.05, 4.69) is 11.6 Å². The first-order valence-electron chi connectivity index (χ1n) is 7.93. The lowest BCUT2D eigenvalue weighted by Crippen LogP contribution is -2.58. The van der Waals surface area contributed by atoms with Gasteiger partial charge in [0.05, 0.1) is 17.3 Å². The molecular formula is C18H18ClN3O4S. The number of nitrogens with zero attached hydrogens (tertiary/aromatic N) is 3. The SMILES string of the molecule is C=CCN=C(SCC(=O)c1ccc(Cl)cc1)C1C(=O)N(C)C(=O)N(C)C1=O. The van der Waals surface area contributed by atoms with Gasteiger partial charge in [0.2, 0.25) is 11.8 Å². The van der Waals surface area contributed by atoms with Gasteiger partial charge in [0.25, 0.3) is 0 Å². The number of hydrogen-bond donors (Lipinski definition) is 0. The number of hydrogen-bond acceptors (Lipinski definition) is 6. The molecule has 1 aliphatic rings. The van der Waals surface area contributed by atoms with E-state index in [0.717, 1.165) is 21.6 Å². The van der Waals surface area contributed by atoms with E-state index >= 15 is 0 Å². The average molecular weight is 408 g/mol. The molecule has 0 saturated carbocycles. The van der Waals surface area contributed by atoms with Crippen molar-refractivity contribution in [2.45, 2.75) is 0 Å². The maximum absolute atomic E-state index is 12.5. The molecule has 0 N–H and O–H groups in total. The van der Waals surface area contributed by atoms with Crippen molar-refractivity contribution in [1.82, 2.24) is 9.80 Å². The minimum atomic E-state index is -1.25. The number of rotatable bonds is 6. The Morgan fingerprint density at radius 3 is 2.26 bits per heavy atom. The van der Waals surface area contributed by atoms with Gasteiger partial charge in [-0.15, -0.1) is 18.3 Å². The van der Waals surface area contributed by atoms with Gasteiger partial charge in [0.1, 0.15) is 0 Å². The lowest BCUT2D eigenvalue weighted by Gasteiger charge is -2.33. The first-order valence-corrected chi connectivity index (χ1v) is 9.30. The summed E-state index contributed by atoms with van der Waals surface area (Å²) >= 11 is 6.82. The van der Waals surface area contributed by atoms with Gasteiger partial charge in [-0.3, -0.25) is 29.2 Å². The number of barbiturate groups is 1. The molecule has 4 amide bonds. The summed E-state index contributed by atoms with van der Waals surface area (Å²) in [5, 5.41) is 0.694. The van der Waals surface area contributed by atoms with Crippen LogP contribution in [0.25, 0.3) is 0 Å². The monoisotopic (exact) mass is 407 g/mol. The van der Waals surface area contributed by atoms with Crippen molar-refractivity contribution in [2.75, 3.05) is 26.4 Å². The fourth-order valence-corrected chi connectivity index (χ4v) is 3.46. The molecule has 7 nitrogen and oxygen atoms in total. The molecule has 0 aromatic heterocycles. The summed E-state index contributed by atoms with van der Waals surface area (Å²) in [6.07, 6.45) is 1.51. The normalized spacial score (nSPS) is 16.1. The van der Waals surface area contributed by atoms with Crippen LogP contribution in [0.5, 0.6) is 0 Å². The third-order valence-electron chi connectivity index (χ3n) is 3.87. The van der Waals surface area contributed by atoms with Gasteiger partial charge < -0.3 is 0 Å². The predicted octanol–water partition coefficient (Wildman–Crippen LogP) is 2.51. The molecule has 2 rings (SSSR count). The number of carbonyl (C=O) groups excluding carboxylic acids is 4. The van der Waals surface area contributed by atoms with Gasteiger partial charge in [0, 0.05) is 24.7 Å². The maximum atomic E-state index is 12.5. The average Bonchev–Trinajstić information content (AvgIpc) is 2.66. The highest BCUT2D eigenvalue weighted by Gasteiger charge is 2.45. The number of urea groups is 1. The zero-order chi connectivity index (χ0) is 20.1. The van der Waals surface area contributed by atoms with Crippen LogP contribution in [-0.2, 0) is 9.59 Å². The maximum Gasteiger partial charge on any atom is 0.332 e. The number of thioether (sulfide) groups is 1. The van der Waals surface area contributed by atoms with Crippen LogP contribution >= 0.6 is 23.4 Å². The zero-order valence-corrected chi connectivity index (χ0v) is 16.4. The van der Waals surface area contributed by atoms with Crippen LogP contribution in [0.3, 0.4) is 0 Å². The smallest absolute Gasteiger partial charge is 0.293 e. The predicted molar refractivity (Wildman–Crippen MR) is 105 cm³/mol. The fraction of sp³-hybridized carbons (Fsp3) is 0.278. The Kier molecular flexibility index (Phi) is 6.92. The van der Waals surface area contributed by atoms with E-state index in [9.17, 15) is 19.2 Å². The molecule has 1 fully saturated rings. The molecule has 1 heterocycles. The second kappa shape index (κ2) is 8.96. The van der Waals surface area contributed by atoms with Gasteiger partial charge in [-0.2, -0.15) is 0 Å². The summed E-state index contributed by atoms with van der Waals surface area (Å²) in [6.45, 7) is 3.74. The van der Waals surface area contributed by atoms with Crippen LogP contribution in [0.1, 0.15) is 10.4 Å². The Labute approximate surface area is 166 Å². The highest BCUT2D eigenvalue weighted by atomic mass is 35.5. The number of Topliss-reactive ketones (excluding diaryl/α,β-unsaturated/α-hetero) is 1. The third-order valence-corrected chi connectivity index (χ3v) is 5.19. The Morgan fingerprint density at radius 2 is 1.74 bits per heavy atom. The largest absolute Gasteiger partial charge is 0.332 e. The summed E-state index contributed by atoms with van der Waals surface area (Å²) in [4.78, 5) is 55.2.